The standard InChI is InChI=1S/C14H15N3O3/c1-2-10(9-6-4-3-5-7-9)13(19)15-11-8-12(18)17-14(20)16-11/h3-8,10H,2H2,1H3,(H3,15,16,17,18,19,20). The fraction of sp³-hybridized carbons (Fsp3) is 0.214. The van der Waals surface area contributed by atoms with Crippen LogP contribution in [-0.2, 0) is 4.79 Å². The van der Waals surface area contributed by atoms with Crippen molar-refractivity contribution >= 4 is 11.7 Å². The third kappa shape index (κ3) is 3.23. The van der Waals surface area contributed by atoms with Gasteiger partial charge in [0.1, 0.15) is 5.82 Å². The Morgan fingerprint density at radius 3 is 2.50 bits per heavy atom. The fourth-order valence-corrected chi connectivity index (χ4v) is 2.01. The number of carbonyl (C=O) groups excluding carboxylic acids is 1. The molecule has 0 aliphatic carbocycles. The molecule has 3 N–H and O–H groups in total. The van der Waals surface area contributed by atoms with Gasteiger partial charge in [-0.1, -0.05) is 37.3 Å². The second-order valence-electron chi connectivity index (χ2n) is 4.36. The summed E-state index contributed by atoms with van der Waals surface area (Å²) < 4.78 is 0. The van der Waals surface area contributed by atoms with Gasteiger partial charge in [0.05, 0.1) is 5.92 Å². The van der Waals surface area contributed by atoms with E-state index in [4.69, 9.17) is 0 Å². The van der Waals surface area contributed by atoms with E-state index in [1.807, 2.05) is 42.2 Å². The molecular formula is C14H15N3O3. The Hall–Kier alpha value is -2.63. The smallest absolute Gasteiger partial charge is 0.311 e. The average Bonchev–Trinajstić information content (AvgIpc) is 2.39. The number of nitrogens with one attached hydrogen (secondary N) is 3. The van der Waals surface area contributed by atoms with Crippen LogP contribution in [0.4, 0.5) is 5.82 Å². The second-order valence-corrected chi connectivity index (χ2v) is 4.36. The van der Waals surface area contributed by atoms with Crippen molar-refractivity contribution in [2.45, 2.75) is 19.3 Å². The molecule has 0 spiro atoms. The Labute approximate surface area is 114 Å². The predicted octanol–water partition coefficient (Wildman–Crippen LogP) is 1.20. The zero-order valence-electron chi connectivity index (χ0n) is 11.0. The van der Waals surface area contributed by atoms with Crippen molar-refractivity contribution in [3.63, 3.8) is 0 Å². The molecule has 2 aromatic rings. The molecule has 1 unspecified atom stereocenters. The van der Waals surface area contributed by atoms with Gasteiger partial charge in [0.2, 0.25) is 5.91 Å². The minimum Gasteiger partial charge on any atom is -0.311 e. The molecule has 1 atom stereocenters. The number of hydrogen-bond acceptors (Lipinski definition) is 3. The van der Waals surface area contributed by atoms with Gasteiger partial charge in [-0.15, -0.1) is 0 Å². The lowest BCUT2D eigenvalue weighted by Crippen LogP contribution is -2.27. The number of carbonyl (C=O) groups is 1. The Balaban J connectivity index is 2.22. The first kappa shape index (κ1) is 13.8. The van der Waals surface area contributed by atoms with Crippen molar-refractivity contribution in [2.75, 3.05) is 5.32 Å². The van der Waals surface area contributed by atoms with E-state index in [1.165, 1.54) is 0 Å². The summed E-state index contributed by atoms with van der Waals surface area (Å²) in [5, 5.41) is 2.56. The van der Waals surface area contributed by atoms with Gasteiger partial charge in [0.25, 0.3) is 5.56 Å². The zero-order chi connectivity index (χ0) is 14.5. The third-order valence-electron chi connectivity index (χ3n) is 2.94. The van der Waals surface area contributed by atoms with Crippen molar-refractivity contribution in [3.8, 4) is 0 Å². The van der Waals surface area contributed by atoms with E-state index in [0.717, 1.165) is 11.6 Å². The van der Waals surface area contributed by atoms with Crippen LogP contribution in [0.3, 0.4) is 0 Å². The number of aromatic amines is 2. The highest BCUT2D eigenvalue weighted by molar-refractivity contribution is 5.95. The number of H-pyrrole nitrogens is 2. The summed E-state index contributed by atoms with van der Waals surface area (Å²) >= 11 is 0. The van der Waals surface area contributed by atoms with Gasteiger partial charge < -0.3 is 5.32 Å². The Bertz CT molecular complexity index is 675. The van der Waals surface area contributed by atoms with Crippen molar-refractivity contribution in [3.05, 3.63) is 62.8 Å². The van der Waals surface area contributed by atoms with Gasteiger partial charge in [-0.25, -0.2) is 4.79 Å². The summed E-state index contributed by atoms with van der Waals surface area (Å²) in [6.07, 6.45) is 0.614. The van der Waals surface area contributed by atoms with Gasteiger partial charge in [-0.2, -0.15) is 0 Å². The van der Waals surface area contributed by atoms with Crippen LogP contribution in [0.1, 0.15) is 24.8 Å². The molecule has 0 radical (unpaired) electrons. The Kier molecular flexibility index (Phi) is 4.14. The average molecular weight is 273 g/mol. The normalized spacial score (nSPS) is 11.8. The van der Waals surface area contributed by atoms with Crippen LogP contribution in [0.15, 0.2) is 46.0 Å². The summed E-state index contributed by atoms with van der Waals surface area (Å²) in [5.74, 6) is -0.503. The maximum absolute atomic E-state index is 12.2. The first-order chi connectivity index (χ1) is 9.60. The number of anilines is 1. The highest BCUT2D eigenvalue weighted by Crippen LogP contribution is 2.20. The zero-order valence-corrected chi connectivity index (χ0v) is 11.0. The molecule has 6 heteroatoms. The third-order valence-corrected chi connectivity index (χ3v) is 2.94. The van der Waals surface area contributed by atoms with Crippen molar-refractivity contribution in [1.82, 2.24) is 9.97 Å². The molecule has 1 aromatic heterocycles. The van der Waals surface area contributed by atoms with Gasteiger partial charge in [-0.05, 0) is 12.0 Å². The van der Waals surface area contributed by atoms with Crippen LogP contribution in [0.5, 0.6) is 0 Å². The number of aromatic nitrogens is 2. The summed E-state index contributed by atoms with van der Waals surface area (Å²) in [4.78, 5) is 38.9. The molecule has 20 heavy (non-hydrogen) atoms. The minimum absolute atomic E-state index is 0.0955. The summed E-state index contributed by atoms with van der Waals surface area (Å²) in [6.45, 7) is 1.90. The van der Waals surface area contributed by atoms with Crippen molar-refractivity contribution in [1.29, 1.82) is 0 Å². The fourth-order valence-electron chi connectivity index (χ4n) is 2.01. The Morgan fingerprint density at radius 2 is 1.90 bits per heavy atom. The van der Waals surface area contributed by atoms with E-state index in [1.54, 1.807) is 0 Å². The van der Waals surface area contributed by atoms with Crippen LogP contribution in [0.2, 0.25) is 0 Å². The van der Waals surface area contributed by atoms with Crippen LogP contribution in [0, 0.1) is 0 Å². The van der Waals surface area contributed by atoms with E-state index in [-0.39, 0.29) is 17.6 Å². The highest BCUT2D eigenvalue weighted by Gasteiger charge is 2.18. The first-order valence-electron chi connectivity index (χ1n) is 6.29. The molecule has 0 aliphatic rings. The van der Waals surface area contributed by atoms with Gasteiger partial charge in [0.15, 0.2) is 0 Å². The number of benzene rings is 1. The van der Waals surface area contributed by atoms with Gasteiger partial charge in [0, 0.05) is 6.07 Å². The molecule has 104 valence electrons. The van der Waals surface area contributed by atoms with Crippen molar-refractivity contribution < 1.29 is 4.79 Å². The van der Waals surface area contributed by atoms with Crippen LogP contribution in [-0.4, -0.2) is 15.9 Å². The largest absolute Gasteiger partial charge is 0.327 e. The van der Waals surface area contributed by atoms with E-state index < -0.39 is 11.2 Å². The van der Waals surface area contributed by atoms with Crippen molar-refractivity contribution in [2.24, 2.45) is 0 Å². The maximum atomic E-state index is 12.2. The molecule has 1 aromatic carbocycles. The molecule has 0 saturated carbocycles. The van der Waals surface area contributed by atoms with Crippen LogP contribution in [0.25, 0.3) is 0 Å². The molecule has 6 nitrogen and oxygen atoms in total. The topological polar surface area (TPSA) is 94.8 Å². The van der Waals surface area contributed by atoms with E-state index in [2.05, 4.69) is 10.3 Å². The van der Waals surface area contributed by atoms with E-state index in [0.29, 0.717) is 6.42 Å². The molecule has 0 bridgehead atoms. The van der Waals surface area contributed by atoms with Gasteiger partial charge in [-0.3, -0.25) is 19.6 Å². The molecule has 2 rings (SSSR count). The molecule has 0 aliphatic heterocycles. The molecule has 0 saturated heterocycles. The summed E-state index contributed by atoms with van der Waals surface area (Å²) in [6, 6.07) is 10.5. The monoisotopic (exact) mass is 273 g/mol. The number of hydrogen-bond donors (Lipinski definition) is 3. The lowest BCUT2D eigenvalue weighted by atomic mass is 9.96. The van der Waals surface area contributed by atoms with E-state index >= 15 is 0 Å². The maximum Gasteiger partial charge on any atom is 0.327 e. The number of amides is 1. The van der Waals surface area contributed by atoms with Crippen LogP contribution >= 0.6 is 0 Å². The minimum atomic E-state index is -0.652. The van der Waals surface area contributed by atoms with Crippen LogP contribution < -0.4 is 16.6 Å². The Morgan fingerprint density at radius 1 is 1.20 bits per heavy atom. The second kappa shape index (κ2) is 6.01. The number of rotatable bonds is 4. The van der Waals surface area contributed by atoms with Gasteiger partial charge >= 0.3 is 5.69 Å². The summed E-state index contributed by atoms with van der Waals surface area (Å²) in [5.41, 5.74) is -0.322. The molecule has 1 amide bonds. The predicted molar refractivity (Wildman–Crippen MR) is 75.8 cm³/mol. The van der Waals surface area contributed by atoms with E-state index in [9.17, 15) is 14.4 Å². The first-order valence-corrected chi connectivity index (χ1v) is 6.29. The lowest BCUT2D eigenvalue weighted by molar-refractivity contribution is -0.117. The molecular weight excluding hydrogens is 258 g/mol. The molecule has 0 fully saturated rings. The molecule has 1 heterocycles. The summed E-state index contributed by atoms with van der Waals surface area (Å²) in [7, 11) is 0. The quantitative estimate of drug-likeness (QED) is 0.781. The SMILES string of the molecule is CCC(C(=O)Nc1cc(=O)[nH]c(=O)[nH]1)c1ccccc1. The highest BCUT2D eigenvalue weighted by atomic mass is 16.2. The lowest BCUT2D eigenvalue weighted by Gasteiger charge is -2.14.